The molecule has 0 N–H and O–H groups in total. The molecule has 0 bridgehead atoms. The number of aromatic nitrogens is 6. The van der Waals surface area contributed by atoms with Gasteiger partial charge in [0, 0.05) is 66.6 Å². The van der Waals surface area contributed by atoms with Crippen LogP contribution in [0.5, 0.6) is 0 Å². The first-order valence-corrected chi connectivity index (χ1v) is 35.4. The lowest BCUT2D eigenvalue weighted by molar-refractivity contribution is 0.590. The van der Waals surface area contributed by atoms with Crippen molar-refractivity contribution in [2.75, 3.05) is 0 Å². The number of rotatable bonds is 5. The summed E-state index contributed by atoms with van der Waals surface area (Å²) >= 11 is 0. The van der Waals surface area contributed by atoms with Crippen LogP contribution in [0.4, 0.5) is 0 Å². The maximum atomic E-state index is 13.6. The minimum absolute atomic E-state index is 0.161. The van der Waals surface area contributed by atoms with Crippen molar-refractivity contribution in [2.45, 2.75) is 209 Å². The topological polar surface area (TPSA) is 69.3 Å². The molecule has 0 radical (unpaired) electrons. The Morgan fingerprint density at radius 3 is 0.592 bits per heavy atom. The van der Waals surface area contributed by atoms with E-state index in [1.165, 1.54) is 44.5 Å². The van der Waals surface area contributed by atoms with E-state index < -0.39 is 0 Å². The monoisotopic (exact) mass is 1290 g/mol. The van der Waals surface area contributed by atoms with E-state index in [0.29, 0.717) is 5.56 Å². The largest absolute Gasteiger partial charge is 0.306 e. The van der Waals surface area contributed by atoms with Gasteiger partial charge in [-0.05, 0) is 185 Å². The molecule has 0 aliphatic rings. The van der Waals surface area contributed by atoms with E-state index in [0.717, 1.165) is 121 Å². The predicted molar refractivity (Wildman–Crippen MR) is 419 cm³/mol. The predicted octanol–water partition coefficient (Wildman–Crippen LogP) is 24.8. The summed E-state index contributed by atoms with van der Waals surface area (Å²) in [6.45, 7) is 55.4. The van der Waals surface area contributed by atoms with Crippen molar-refractivity contribution in [3.8, 4) is 39.9 Å². The molecule has 5 aromatic heterocycles. The average Bonchev–Trinajstić information content (AvgIpc) is 1.46. The molecule has 0 fully saturated rings. The third kappa shape index (κ3) is 10.6. The smallest absolute Gasteiger partial charge is 0.115 e. The van der Waals surface area contributed by atoms with Gasteiger partial charge in [0.15, 0.2) is 0 Å². The molecule has 7 heteroatoms. The van der Waals surface area contributed by atoms with E-state index in [9.17, 15) is 5.26 Å². The van der Waals surface area contributed by atoms with Crippen LogP contribution in [0.1, 0.15) is 216 Å². The van der Waals surface area contributed by atoms with Crippen molar-refractivity contribution in [2.24, 2.45) is 0 Å². The lowest BCUT2D eigenvalue weighted by atomic mass is 9.85. The highest BCUT2D eigenvalue weighted by Gasteiger charge is 2.37. The van der Waals surface area contributed by atoms with E-state index in [4.69, 9.17) is 9.97 Å². The number of nitrogens with zero attached hydrogens (tertiary/aromatic N) is 7. The van der Waals surface area contributed by atoms with Gasteiger partial charge in [-0.15, -0.1) is 0 Å². The molecule has 14 aromatic rings. The van der Waals surface area contributed by atoms with Gasteiger partial charge in [0.05, 0.1) is 66.9 Å². The summed E-state index contributed by atoms with van der Waals surface area (Å²) in [5.74, 6) is 0. The van der Waals surface area contributed by atoms with E-state index >= 15 is 0 Å². The SMILES string of the molecule is CC(C)(C)c1ccc2c(c1)c1cc(C(C)(C)C)ccc1n2-c1c(C#N)c(-n2c3ccc(C(C)(C)C)cc3c3cc(C(C)(C)C)ccc32)c(-n2c3ccc(C(C)(C)C)cc3c3cc(C(C)(C)C)ccc32)c(-c2cncnc2)c1-n1c2ccc(C(C)(C)C)cc2c2cc(C(C)(C)C)ccc21. The maximum Gasteiger partial charge on any atom is 0.115 e. The second-order valence-corrected chi connectivity index (χ2v) is 36.6. The first-order valence-electron chi connectivity index (χ1n) is 35.4. The van der Waals surface area contributed by atoms with E-state index in [1.807, 2.05) is 12.4 Å². The number of fused-ring (bicyclic) bond motifs is 12. The highest BCUT2D eigenvalue weighted by atomic mass is 15.1. The third-order valence-corrected chi connectivity index (χ3v) is 21.2. The zero-order valence-electron chi connectivity index (χ0n) is 62.7. The Morgan fingerprint density at radius 1 is 0.255 bits per heavy atom. The summed E-state index contributed by atoms with van der Waals surface area (Å²) in [4.78, 5) is 10.1. The molecular formula is C91H99N7. The van der Waals surface area contributed by atoms with E-state index in [2.05, 4.69) is 336 Å². The standard InChI is InChI=1S/C91H99N7/c1-84(2,3)54-25-33-71-62(41-54)63-42-55(85(4,5)6)26-34-72(63)95(71)80-70(49-92)81(96-73-35-27-56(86(7,8)9)43-64(73)65-44-57(87(10,11)12)28-36-74(65)96)83(98-77-39-31-60(90(19,20)21)47-68(77)69-48-61(91(22,23)24)32-40-78(69)98)79(53-50-93-52-94-51-53)82(80)97-75-37-29-58(88(13,14)15)45-66(75)67-46-59(89(16,17)18)30-38-76(67)97/h25-48,50-52H,1-24H3. The Labute approximate surface area is 581 Å². The molecule has 0 unspecified atom stereocenters. The van der Waals surface area contributed by atoms with Crippen LogP contribution in [-0.4, -0.2) is 28.2 Å². The van der Waals surface area contributed by atoms with Crippen LogP contribution < -0.4 is 0 Å². The van der Waals surface area contributed by atoms with Gasteiger partial charge < -0.3 is 18.3 Å². The van der Waals surface area contributed by atoms with Gasteiger partial charge in [-0.25, -0.2) is 9.97 Å². The van der Waals surface area contributed by atoms with Gasteiger partial charge >= 0.3 is 0 Å². The molecule has 98 heavy (non-hydrogen) atoms. The first-order chi connectivity index (χ1) is 45.6. The third-order valence-electron chi connectivity index (χ3n) is 21.2. The van der Waals surface area contributed by atoms with Gasteiger partial charge in [0.2, 0.25) is 0 Å². The highest BCUT2D eigenvalue weighted by molar-refractivity contribution is 6.18. The number of hydrogen-bond donors (Lipinski definition) is 0. The normalized spacial score (nSPS) is 13.5. The molecule has 0 spiro atoms. The lowest BCUT2D eigenvalue weighted by Gasteiger charge is -2.29. The second kappa shape index (κ2) is 21.9. The Hall–Kier alpha value is -9.25. The quantitative estimate of drug-likeness (QED) is 0.172. The van der Waals surface area contributed by atoms with Crippen LogP contribution in [-0.2, 0) is 43.3 Å². The van der Waals surface area contributed by atoms with Crippen molar-refractivity contribution < 1.29 is 0 Å². The summed E-state index contributed by atoms with van der Waals surface area (Å²) in [6.07, 6.45) is 5.67. The van der Waals surface area contributed by atoms with Crippen molar-refractivity contribution in [1.29, 1.82) is 5.26 Å². The zero-order chi connectivity index (χ0) is 70.4. The van der Waals surface area contributed by atoms with Gasteiger partial charge in [0.25, 0.3) is 0 Å². The maximum absolute atomic E-state index is 13.6. The molecule has 7 nitrogen and oxygen atoms in total. The van der Waals surface area contributed by atoms with Crippen LogP contribution in [0, 0.1) is 11.3 Å². The molecule has 0 amide bonds. The minimum Gasteiger partial charge on any atom is -0.306 e. The summed E-state index contributed by atoms with van der Waals surface area (Å²) in [7, 11) is 0. The first kappa shape index (κ1) is 66.0. The van der Waals surface area contributed by atoms with Crippen molar-refractivity contribution in [3.63, 3.8) is 0 Å². The molecule has 498 valence electrons. The van der Waals surface area contributed by atoms with E-state index in [-0.39, 0.29) is 43.3 Å². The van der Waals surface area contributed by atoms with Crippen LogP contribution in [0.25, 0.3) is 121 Å². The van der Waals surface area contributed by atoms with Gasteiger partial charge in [-0.3, -0.25) is 0 Å². The van der Waals surface area contributed by atoms with Gasteiger partial charge in [0.1, 0.15) is 18.0 Å². The number of hydrogen-bond acceptors (Lipinski definition) is 3. The van der Waals surface area contributed by atoms with Crippen LogP contribution in [0.15, 0.2) is 164 Å². The summed E-state index contributed by atoms with van der Waals surface area (Å²) < 4.78 is 10.0. The Bertz CT molecular complexity index is 5070. The fourth-order valence-electron chi connectivity index (χ4n) is 15.2. The van der Waals surface area contributed by atoms with Crippen molar-refractivity contribution in [1.82, 2.24) is 28.2 Å². The van der Waals surface area contributed by atoms with Gasteiger partial charge in [-0.1, -0.05) is 215 Å². The van der Waals surface area contributed by atoms with Crippen LogP contribution in [0.3, 0.4) is 0 Å². The molecule has 5 heterocycles. The molecule has 14 rings (SSSR count). The van der Waals surface area contributed by atoms with Crippen molar-refractivity contribution >= 4 is 87.2 Å². The van der Waals surface area contributed by atoms with Crippen LogP contribution >= 0.6 is 0 Å². The molecule has 0 saturated carbocycles. The Balaban J connectivity index is 1.36. The Kier molecular flexibility index (Phi) is 14.7. The highest BCUT2D eigenvalue weighted by Crippen LogP contribution is 2.54. The fourth-order valence-corrected chi connectivity index (χ4v) is 15.2. The molecule has 0 saturated heterocycles. The van der Waals surface area contributed by atoms with Gasteiger partial charge in [-0.2, -0.15) is 5.26 Å². The molecular weight excluding hydrogens is 1190 g/mol. The number of nitriles is 1. The Morgan fingerprint density at radius 2 is 0.429 bits per heavy atom. The minimum atomic E-state index is -0.164. The molecule has 0 atom stereocenters. The average molecular weight is 1290 g/mol. The fraction of sp³-hybridized carbons (Fsp3) is 0.352. The molecule has 9 aromatic carbocycles. The van der Waals surface area contributed by atoms with Crippen LogP contribution in [0.2, 0.25) is 0 Å². The van der Waals surface area contributed by atoms with Crippen molar-refractivity contribution in [3.05, 3.63) is 214 Å². The summed E-state index contributed by atoms with van der Waals surface area (Å²) in [5, 5.41) is 22.7. The second-order valence-electron chi connectivity index (χ2n) is 36.6. The molecule has 0 aliphatic carbocycles. The summed E-state index contributed by atoms with van der Waals surface area (Å²) in [5.41, 5.74) is 22.2. The molecule has 0 aliphatic heterocycles. The zero-order valence-corrected chi connectivity index (χ0v) is 62.7. The number of benzene rings is 9. The lowest BCUT2D eigenvalue weighted by Crippen LogP contribution is -2.17. The summed E-state index contributed by atoms with van der Waals surface area (Å²) in [6, 6.07) is 60.1. The van der Waals surface area contributed by atoms with E-state index in [1.54, 1.807) is 6.33 Å².